The van der Waals surface area contributed by atoms with Crippen LogP contribution in [0.15, 0.2) is 24.4 Å². The molecule has 0 atom stereocenters. The molecule has 25 heavy (non-hydrogen) atoms. The molecule has 0 bridgehead atoms. The SMILES string of the molecule is CCOc1ccc(CC(=O)NCc2nn(CC)cc2Cl)cc1OCC. The molecule has 0 aliphatic rings. The van der Waals surface area contributed by atoms with Crippen LogP contribution in [0.1, 0.15) is 32.0 Å². The van der Waals surface area contributed by atoms with Crippen molar-refractivity contribution in [3.8, 4) is 11.5 Å². The van der Waals surface area contributed by atoms with Crippen LogP contribution in [0.25, 0.3) is 0 Å². The Morgan fingerprint density at radius 3 is 2.56 bits per heavy atom. The molecule has 1 N–H and O–H groups in total. The predicted octanol–water partition coefficient (Wildman–Crippen LogP) is 3.21. The maximum atomic E-state index is 12.2. The molecule has 0 fully saturated rings. The van der Waals surface area contributed by atoms with Crippen LogP contribution >= 0.6 is 11.6 Å². The number of rotatable bonds is 9. The van der Waals surface area contributed by atoms with Crippen LogP contribution in [-0.4, -0.2) is 28.9 Å². The number of carbonyl (C=O) groups is 1. The number of ether oxygens (including phenoxy) is 2. The third-order valence-electron chi connectivity index (χ3n) is 3.54. The van der Waals surface area contributed by atoms with Gasteiger partial charge in [0.1, 0.15) is 5.69 Å². The number of nitrogens with one attached hydrogen (secondary N) is 1. The third kappa shape index (κ3) is 5.39. The lowest BCUT2D eigenvalue weighted by molar-refractivity contribution is -0.120. The quantitative estimate of drug-likeness (QED) is 0.741. The van der Waals surface area contributed by atoms with E-state index in [1.807, 2.05) is 39.0 Å². The van der Waals surface area contributed by atoms with Gasteiger partial charge < -0.3 is 14.8 Å². The minimum atomic E-state index is -0.103. The summed E-state index contributed by atoms with van der Waals surface area (Å²) in [4.78, 5) is 12.2. The van der Waals surface area contributed by atoms with Crippen LogP contribution in [0, 0.1) is 0 Å². The van der Waals surface area contributed by atoms with Gasteiger partial charge in [0.2, 0.25) is 5.91 Å². The van der Waals surface area contributed by atoms with Gasteiger partial charge in [0.15, 0.2) is 11.5 Å². The molecule has 0 saturated carbocycles. The van der Waals surface area contributed by atoms with Crippen LogP contribution < -0.4 is 14.8 Å². The number of aromatic nitrogens is 2. The van der Waals surface area contributed by atoms with Crippen molar-refractivity contribution in [2.75, 3.05) is 13.2 Å². The number of nitrogens with zero attached hydrogens (tertiary/aromatic N) is 2. The first-order chi connectivity index (χ1) is 12.1. The van der Waals surface area contributed by atoms with Gasteiger partial charge in [-0.15, -0.1) is 0 Å². The fraction of sp³-hybridized carbons (Fsp3) is 0.444. The first kappa shape index (κ1) is 19.1. The summed E-state index contributed by atoms with van der Waals surface area (Å²) in [5.41, 5.74) is 1.52. The summed E-state index contributed by atoms with van der Waals surface area (Å²) in [6.07, 6.45) is 2.00. The normalized spacial score (nSPS) is 10.6. The van der Waals surface area contributed by atoms with Crippen molar-refractivity contribution < 1.29 is 14.3 Å². The molecular weight excluding hydrogens is 342 g/mol. The summed E-state index contributed by atoms with van der Waals surface area (Å²) < 4.78 is 12.9. The molecule has 1 aromatic heterocycles. The van der Waals surface area contributed by atoms with E-state index in [1.165, 1.54) is 0 Å². The molecule has 6 nitrogen and oxygen atoms in total. The highest BCUT2D eigenvalue weighted by molar-refractivity contribution is 6.31. The Morgan fingerprint density at radius 2 is 1.92 bits per heavy atom. The minimum Gasteiger partial charge on any atom is -0.490 e. The first-order valence-corrected chi connectivity index (χ1v) is 8.82. The van der Waals surface area contributed by atoms with Crippen molar-refractivity contribution in [3.05, 3.63) is 40.7 Å². The van der Waals surface area contributed by atoms with E-state index in [4.69, 9.17) is 21.1 Å². The number of hydrogen-bond donors (Lipinski definition) is 1. The number of aryl methyl sites for hydroxylation is 1. The highest BCUT2D eigenvalue weighted by Crippen LogP contribution is 2.28. The molecular formula is C18H24ClN3O3. The molecule has 0 spiro atoms. The predicted molar refractivity (Wildman–Crippen MR) is 97.2 cm³/mol. The Balaban J connectivity index is 1.97. The fourth-order valence-electron chi connectivity index (χ4n) is 2.35. The Morgan fingerprint density at radius 1 is 1.20 bits per heavy atom. The molecule has 1 amide bonds. The average molecular weight is 366 g/mol. The average Bonchev–Trinajstić information content (AvgIpc) is 2.96. The van der Waals surface area contributed by atoms with E-state index in [2.05, 4.69) is 10.4 Å². The summed E-state index contributed by atoms with van der Waals surface area (Å²) in [6, 6.07) is 5.54. The second-order valence-corrected chi connectivity index (χ2v) is 5.79. The van der Waals surface area contributed by atoms with Gasteiger partial charge in [-0.2, -0.15) is 5.10 Å². The van der Waals surface area contributed by atoms with Crippen molar-refractivity contribution in [2.45, 2.75) is 40.3 Å². The third-order valence-corrected chi connectivity index (χ3v) is 3.85. The lowest BCUT2D eigenvalue weighted by Gasteiger charge is -2.12. The zero-order valence-electron chi connectivity index (χ0n) is 14.8. The minimum absolute atomic E-state index is 0.103. The fourth-order valence-corrected chi connectivity index (χ4v) is 2.57. The van der Waals surface area contributed by atoms with Gasteiger partial charge in [-0.05, 0) is 38.5 Å². The standard InChI is InChI=1S/C18H24ClN3O3/c1-4-22-12-14(19)15(21-22)11-20-18(23)10-13-7-8-16(24-5-2)17(9-13)25-6-3/h7-9,12H,4-6,10-11H2,1-3H3,(H,20,23). The van der Waals surface area contributed by atoms with Gasteiger partial charge >= 0.3 is 0 Å². The van der Waals surface area contributed by atoms with E-state index < -0.39 is 0 Å². The molecule has 0 aliphatic heterocycles. The van der Waals surface area contributed by atoms with Crippen LogP contribution in [0.3, 0.4) is 0 Å². The Labute approximate surface area is 153 Å². The first-order valence-electron chi connectivity index (χ1n) is 8.44. The topological polar surface area (TPSA) is 65.4 Å². The number of benzene rings is 1. The zero-order chi connectivity index (χ0) is 18.2. The van der Waals surface area contributed by atoms with E-state index >= 15 is 0 Å². The summed E-state index contributed by atoms with van der Waals surface area (Å²) in [7, 11) is 0. The zero-order valence-corrected chi connectivity index (χ0v) is 15.6. The maximum absolute atomic E-state index is 12.2. The molecule has 0 aliphatic carbocycles. The summed E-state index contributed by atoms with van der Waals surface area (Å²) >= 11 is 6.10. The molecule has 0 radical (unpaired) electrons. The maximum Gasteiger partial charge on any atom is 0.224 e. The Bertz CT molecular complexity index is 716. The van der Waals surface area contributed by atoms with E-state index in [0.29, 0.717) is 42.0 Å². The molecule has 2 rings (SSSR count). The van der Waals surface area contributed by atoms with Crippen LogP contribution in [0.2, 0.25) is 5.02 Å². The lowest BCUT2D eigenvalue weighted by Crippen LogP contribution is -2.25. The van der Waals surface area contributed by atoms with E-state index in [1.54, 1.807) is 10.9 Å². The molecule has 7 heteroatoms. The van der Waals surface area contributed by atoms with Crippen LogP contribution in [-0.2, 0) is 24.3 Å². The highest BCUT2D eigenvalue weighted by Gasteiger charge is 2.11. The number of halogens is 1. The van der Waals surface area contributed by atoms with Crippen molar-refractivity contribution >= 4 is 17.5 Å². The number of carbonyl (C=O) groups excluding carboxylic acids is 1. The second-order valence-electron chi connectivity index (χ2n) is 5.38. The molecule has 136 valence electrons. The van der Waals surface area contributed by atoms with Gasteiger partial charge in [0, 0.05) is 12.7 Å². The monoisotopic (exact) mass is 365 g/mol. The van der Waals surface area contributed by atoms with Crippen molar-refractivity contribution in [3.63, 3.8) is 0 Å². The smallest absolute Gasteiger partial charge is 0.224 e. The van der Waals surface area contributed by atoms with E-state index in [-0.39, 0.29) is 12.3 Å². The highest BCUT2D eigenvalue weighted by atomic mass is 35.5. The summed E-state index contributed by atoms with van der Waals surface area (Å²) in [6.45, 7) is 7.95. The number of amides is 1. The molecule has 1 aromatic carbocycles. The van der Waals surface area contributed by atoms with Crippen molar-refractivity contribution in [1.29, 1.82) is 0 Å². The molecule has 2 aromatic rings. The van der Waals surface area contributed by atoms with E-state index in [9.17, 15) is 4.79 Å². The van der Waals surface area contributed by atoms with Gasteiger partial charge in [0.25, 0.3) is 0 Å². The summed E-state index contributed by atoms with van der Waals surface area (Å²) in [5.74, 6) is 1.23. The molecule has 0 saturated heterocycles. The lowest BCUT2D eigenvalue weighted by atomic mass is 10.1. The number of hydrogen-bond acceptors (Lipinski definition) is 4. The van der Waals surface area contributed by atoms with Crippen molar-refractivity contribution in [1.82, 2.24) is 15.1 Å². The van der Waals surface area contributed by atoms with Gasteiger partial charge in [-0.3, -0.25) is 9.48 Å². The van der Waals surface area contributed by atoms with Crippen LogP contribution in [0.4, 0.5) is 0 Å². The van der Waals surface area contributed by atoms with Crippen molar-refractivity contribution in [2.24, 2.45) is 0 Å². The van der Waals surface area contributed by atoms with Gasteiger partial charge in [-0.1, -0.05) is 17.7 Å². The largest absolute Gasteiger partial charge is 0.490 e. The second kappa shape index (κ2) is 9.32. The van der Waals surface area contributed by atoms with Gasteiger partial charge in [-0.25, -0.2) is 0 Å². The Kier molecular flexibility index (Phi) is 7.13. The summed E-state index contributed by atoms with van der Waals surface area (Å²) in [5, 5.41) is 7.71. The molecule has 0 unspecified atom stereocenters. The van der Waals surface area contributed by atoms with Crippen LogP contribution in [0.5, 0.6) is 11.5 Å². The van der Waals surface area contributed by atoms with Gasteiger partial charge in [0.05, 0.1) is 31.2 Å². The molecule has 1 heterocycles. The van der Waals surface area contributed by atoms with E-state index in [0.717, 1.165) is 12.1 Å². The Hall–Kier alpha value is -2.21.